The summed E-state index contributed by atoms with van der Waals surface area (Å²) in [6.07, 6.45) is 0. The molecule has 0 saturated carbocycles. The van der Waals surface area contributed by atoms with Crippen molar-refractivity contribution in [2.45, 2.75) is 4.90 Å². The maximum Gasteiger partial charge on any atom is 0.323 e. The molecule has 0 aliphatic rings. The quantitative estimate of drug-likeness (QED) is 0.676. The predicted molar refractivity (Wildman–Crippen MR) is 82.8 cm³/mol. The third-order valence-electron chi connectivity index (χ3n) is 2.30. The monoisotopic (exact) mass is 312 g/mol. The van der Waals surface area contributed by atoms with Crippen LogP contribution in [0.5, 0.6) is 0 Å². The Bertz CT molecular complexity index is 602. The van der Waals surface area contributed by atoms with Crippen molar-refractivity contribution < 1.29 is 4.79 Å². The van der Waals surface area contributed by atoms with Gasteiger partial charge in [0.1, 0.15) is 0 Å². The molecule has 98 valence electrons. The Balaban J connectivity index is 2.03. The first-order valence-corrected chi connectivity index (χ1v) is 6.57. The fraction of sp³-hybridized carbons (Fsp3) is 0. The number of nitrogens with one attached hydrogen (secondary N) is 2. The number of hydrogen-bond acceptors (Lipinski definition) is 2. The fourth-order valence-electron chi connectivity index (χ4n) is 1.42. The summed E-state index contributed by atoms with van der Waals surface area (Å²) >= 11 is 15.9. The van der Waals surface area contributed by atoms with Crippen molar-refractivity contribution in [3.8, 4) is 0 Å². The number of benzene rings is 2. The van der Waals surface area contributed by atoms with E-state index < -0.39 is 0 Å². The van der Waals surface area contributed by atoms with Gasteiger partial charge in [-0.1, -0.05) is 23.2 Å². The van der Waals surface area contributed by atoms with Gasteiger partial charge in [0, 0.05) is 15.6 Å². The standard InChI is InChI=1S/C13H10Cl2N2OS/c14-8-1-6-12(11(15)7-8)17-13(18)16-9-2-4-10(19)5-3-9/h1-7,19H,(H2,16,17,18). The molecule has 0 bridgehead atoms. The molecule has 6 heteroatoms. The van der Waals surface area contributed by atoms with Crippen LogP contribution in [-0.4, -0.2) is 6.03 Å². The molecule has 2 amide bonds. The van der Waals surface area contributed by atoms with E-state index in [9.17, 15) is 4.79 Å². The second-order valence-electron chi connectivity index (χ2n) is 3.75. The van der Waals surface area contributed by atoms with Crippen molar-refractivity contribution in [3.63, 3.8) is 0 Å². The minimum Gasteiger partial charge on any atom is -0.308 e. The minimum atomic E-state index is -0.379. The van der Waals surface area contributed by atoms with Crippen LogP contribution in [0, 0.1) is 0 Å². The lowest BCUT2D eigenvalue weighted by Crippen LogP contribution is -2.19. The normalized spacial score (nSPS) is 10.1. The molecule has 0 atom stereocenters. The van der Waals surface area contributed by atoms with Gasteiger partial charge < -0.3 is 10.6 Å². The highest BCUT2D eigenvalue weighted by Gasteiger charge is 2.06. The van der Waals surface area contributed by atoms with Gasteiger partial charge in [0.25, 0.3) is 0 Å². The van der Waals surface area contributed by atoms with E-state index >= 15 is 0 Å². The maximum absolute atomic E-state index is 11.8. The highest BCUT2D eigenvalue weighted by atomic mass is 35.5. The van der Waals surface area contributed by atoms with Crippen molar-refractivity contribution in [2.24, 2.45) is 0 Å². The average Bonchev–Trinajstić information content (AvgIpc) is 2.36. The zero-order valence-electron chi connectivity index (χ0n) is 9.65. The van der Waals surface area contributed by atoms with Crippen LogP contribution in [0.2, 0.25) is 10.0 Å². The van der Waals surface area contributed by atoms with Crippen LogP contribution in [0.4, 0.5) is 16.2 Å². The number of urea groups is 1. The van der Waals surface area contributed by atoms with E-state index in [1.165, 1.54) is 0 Å². The molecule has 0 aliphatic carbocycles. The second-order valence-corrected chi connectivity index (χ2v) is 5.11. The molecular weight excluding hydrogens is 303 g/mol. The highest BCUT2D eigenvalue weighted by Crippen LogP contribution is 2.25. The Morgan fingerprint density at radius 3 is 2.32 bits per heavy atom. The van der Waals surface area contributed by atoms with Crippen LogP contribution in [0.15, 0.2) is 47.4 Å². The number of anilines is 2. The Morgan fingerprint density at radius 2 is 1.68 bits per heavy atom. The zero-order valence-corrected chi connectivity index (χ0v) is 12.1. The largest absolute Gasteiger partial charge is 0.323 e. The average molecular weight is 313 g/mol. The van der Waals surface area contributed by atoms with Gasteiger partial charge in [-0.05, 0) is 42.5 Å². The lowest BCUT2D eigenvalue weighted by atomic mass is 10.3. The van der Waals surface area contributed by atoms with Crippen LogP contribution >= 0.6 is 35.8 Å². The van der Waals surface area contributed by atoms with Gasteiger partial charge in [0.05, 0.1) is 10.7 Å². The Kier molecular flexibility index (Phi) is 4.58. The number of amides is 2. The highest BCUT2D eigenvalue weighted by molar-refractivity contribution is 7.80. The van der Waals surface area contributed by atoms with E-state index in [1.807, 2.05) is 0 Å². The van der Waals surface area contributed by atoms with E-state index in [-0.39, 0.29) is 6.03 Å². The number of carbonyl (C=O) groups excluding carboxylic acids is 1. The zero-order chi connectivity index (χ0) is 13.8. The molecule has 2 N–H and O–H groups in total. The molecule has 2 aromatic carbocycles. The molecule has 2 rings (SSSR count). The molecule has 0 fully saturated rings. The molecule has 0 aromatic heterocycles. The SMILES string of the molecule is O=C(Nc1ccc(S)cc1)Nc1ccc(Cl)cc1Cl. The van der Waals surface area contributed by atoms with Gasteiger partial charge in [-0.2, -0.15) is 0 Å². The number of hydrogen-bond donors (Lipinski definition) is 3. The summed E-state index contributed by atoms with van der Waals surface area (Å²) in [5, 5.41) is 6.22. The lowest BCUT2D eigenvalue weighted by Gasteiger charge is -2.09. The topological polar surface area (TPSA) is 41.1 Å². The molecule has 19 heavy (non-hydrogen) atoms. The van der Waals surface area contributed by atoms with Gasteiger partial charge in [0.15, 0.2) is 0 Å². The molecule has 0 heterocycles. The van der Waals surface area contributed by atoms with Crippen LogP contribution in [-0.2, 0) is 0 Å². The third kappa shape index (κ3) is 4.06. The summed E-state index contributed by atoms with van der Waals surface area (Å²) < 4.78 is 0. The van der Waals surface area contributed by atoms with E-state index in [0.717, 1.165) is 4.90 Å². The minimum absolute atomic E-state index is 0.379. The van der Waals surface area contributed by atoms with Crippen molar-refractivity contribution in [3.05, 3.63) is 52.5 Å². The van der Waals surface area contributed by atoms with E-state index in [4.69, 9.17) is 23.2 Å². The molecular formula is C13H10Cl2N2OS. The first-order valence-electron chi connectivity index (χ1n) is 5.37. The molecule has 0 spiro atoms. The Labute approximate surface area is 126 Å². The summed E-state index contributed by atoms with van der Waals surface area (Å²) in [5.74, 6) is 0. The van der Waals surface area contributed by atoms with Crippen molar-refractivity contribution >= 4 is 53.2 Å². The molecule has 0 saturated heterocycles. The molecule has 2 aromatic rings. The summed E-state index contributed by atoms with van der Waals surface area (Å²) in [6, 6.07) is 11.6. The first kappa shape index (κ1) is 14.1. The van der Waals surface area contributed by atoms with E-state index in [1.54, 1.807) is 42.5 Å². The second kappa shape index (κ2) is 6.19. The lowest BCUT2D eigenvalue weighted by molar-refractivity contribution is 0.262. The van der Waals surface area contributed by atoms with Crippen molar-refractivity contribution in [2.75, 3.05) is 10.6 Å². The Hall–Kier alpha value is -1.36. The number of halogens is 2. The van der Waals surface area contributed by atoms with Gasteiger partial charge in [-0.3, -0.25) is 0 Å². The van der Waals surface area contributed by atoms with Gasteiger partial charge in [-0.15, -0.1) is 12.6 Å². The number of carbonyl (C=O) groups is 1. The third-order valence-corrected chi connectivity index (χ3v) is 3.15. The van der Waals surface area contributed by atoms with Crippen LogP contribution < -0.4 is 10.6 Å². The van der Waals surface area contributed by atoms with Crippen molar-refractivity contribution in [1.82, 2.24) is 0 Å². The van der Waals surface area contributed by atoms with Gasteiger partial charge in [0.2, 0.25) is 0 Å². The first-order chi connectivity index (χ1) is 9.04. The summed E-state index contributed by atoms with van der Waals surface area (Å²) in [7, 11) is 0. The molecule has 0 aliphatic heterocycles. The maximum atomic E-state index is 11.8. The molecule has 0 radical (unpaired) electrons. The van der Waals surface area contributed by atoms with Crippen LogP contribution in [0.3, 0.4) is 0 Å². The summed E-state index contributed by atoms with van der Waals surface area (Å²) in [5.41, 5.74) is 1.16. The van der Waals surface area contributed by atoms with Crippen molar-refractivity contribution in [1.29, 1.82) is 0 Å². The number of rotatable bonds is 2. The fourth-order valence-corrected chi connectivity index (χ4v) is 2.03. The smallest absolute Gasteiger partial charge is 0.308 e. The Morgan fingerprint density at radius 1 is 1.00 bits per heavy atom. The van der Waals surface area contributed by atoms with Crippen LogP contribution in [0.1, 0.15) is 0 Å². The van der Waals surface area contributed by atoms with Gasteiger partial charge in [-0.25, -0.2) is 4.79 Å². The van der Waals surface area contributed by atoms with E-state index in [2.05, 4.69) is 23.3 Å². The number of thiol groups is 1. The summed E-state index contributed by atoms with van der Waals surface area (Å²) in [6.45, 7) is 0. The summed E-state index contributed by atoms with van der Waals surface area (Å²) in [4.78, 5) is 12.6. The van der Waals surface area contributed by atoms with Gasteiger partial charge >= 0.3 is 6.03 Å². The molecule has 0 unspecified atom stereocenters. The molecule has 3 nitrogen and oxygen atoms in total. The van der Waals surface area contributed by atoms with Crippen LogP contribution in [0.25, 0.3) is 0 Å². The van der Waals surface area contributed by atoms with E-state index in [0.29, 0.717) is 21.4 Å². The predicted octanol–water partition coefficient (Wildman–Crippen LogP) is 4.93.